The van der Waals surface area contributed by atoms with Gasteiger partial charge in [-0.2, -0.15) is 0 Å². The van der Waals surface area contributed by atoms with Crippen molar-refractivity contribution in [1.82, 2.24) is 0 Å². The molecule has 1 aliphatic rings. The van der Waals surface area contributed by atoms with Gasteiger partial charge in [-0.15, -0.1) is 11.6 Å². The molecule has 0 spiro atoms. The quantitative estimate of drug-likeness (QED) is 0.642. The zero-order valence-electron chi connectivity index (χ0n) is 10.6. The lowest BCUT2D eigenvalue weighted by molar-refractivity contribution is 0.495. The van der Waals surface area contributed by atoms with E-state index in [4.69, 9.17) is 11.6 Å². The number of halogens is 2. The topological polar surface area (TPSA) is 0 Å². The summed E-state index contributed by atoms with van der Waals surface area (Å²) < 4.78 is 13.5. The van der Waals surface area contributed by atoms with E-state index in [2.05, 4.69) is 0 Å². The first-order valence-corrected chi connectivity index (χ1v) is 6.92. The average Bonchev–Trinajstić information content (AvgIpc) is 2.77. The minimum Gasteiger partial charge on any atom is -0.206 e. The summed E-state index contributed by atoms with van der Waals surface area (Å²) in [5.41, 5.74) is 2.49. The molecule has 0 aromatic heterocycles. The lowest BCUT2D eigenvalue weighted by Crippen LogP contribution is -2.01. The SMILES string of the molecule is Cc1cc(C(Cl)CC2CCCC2)cc(C)c1F. The van der Waals surface area contributed by atoms with Gasteiger partial charge in [-0.25, -0.2) is 4.39 Å². The Morgan fingerprint density at radius 1 is 1.24 bits per heavy atom. The van der Waals surface area contributed by atoms with Gasteiger partial charge in [0.25, 0.3) is 0 Å². The highest BCUT2D eigenvalue weighted by molar-refractivity contribution is 6.20. The average molecular weight is 255 g/mol. The van der Waals surface area contributed by atoms with Crippen molar-refractivity contribution >= 4 is 11.6 Å². The van der Waals surface area contributed by atoms with E-state index in [1.54, 1.807) is 0 Å². The molecule has 0 N–H and O–H groups in total. The molecule has 1 aromatic rings. The molecule has 0 amide bonds. The first-order valence-electron chi connectivity index (χ1n) is 6.48. The van der Waals surface area contributed by atoms with Gasteiger partial charge in [0.05, 0.1) is 5.38 Å². The summed E-state index contributed by atoms with van der Waals surface area (Å²) in [6.45, 7) is 3.62. The molecule has 1 atom stereocenters. The van der Waals surface area contributed by atoms with Gasteiger partial charge in [-0.1, -0.05) is 37.8 Å². The molecule has 17 heavy (non-hydrogen) atoms. The highest BCUT2D eigenvalue weighted by atomic mass is 35.5. The molecule has 0 aliphatic heterocycles. The standard InChI is InChI=1S/C15H20ClF/c1-10-7-13(8-11(2)15(10)17)14(16)9-12-5-3-4-6-12/h7-8,12,14H,3-6,9H2,1-2H3. The van der Waals surface area contributed by atoms with Gasteiger partial charge in [0.1, 0.15) is 5.82 Å². The molecule has 0 heterocycles. The van der Waals surface area contributed by atoms with Crippen LogP contribution >= 0.6 is 11.6 Å². The monoisotopic (exact) mass is 254 g/mol. The van der Waals surface area contributed by atoms with Crippen LogP contribution < -0.4 is 0 Å². The highest BCUT2D eigenvalue weighted by Crippen LogP contribution is 2.36. The van der Waals surface area contributed by atoms with Crippen LogP contribution in [0.3, 0.4) is 0 Å². The maximum Gasteiger partial charge on any atom is 0.129 e. The van der Waals surface area contributed by atoms with Gasteiger partial charge in [-0.05, 0) is 42.9 Å². The van der Waals surface area contributed by atoms with Gasteiger partial charge >= 0.3 is 0 Å². The Hall–Kier alpha value is -0.560. The fraction of sp³-hybridized carbons (Fsp3) is 0.600. The van der Waals surface area contributed by atoms with Gasteiger partial charge in [0, 0.05) is 0 Å². The van der Waals surface area contributed by atoms with E-state index in [-0.39, 0.29) is 11.2 Å². The third kappa shape index (κ3) is 3.01. The summed E-state index contributed by atoms with van der Waals surface area (Å²) in [6.07, 6.45) is 6.34. The minimum atomic E-state index is -0.0986. The van der Waals surface area contributed by atoms with Crippen LogP contribution in [-0.2, 0) is 0 Å². The van der Waals surface area contributed by atoms with E-state index in [1.807, 2.05) is 26.0 Å². The van der Waals surface area contributed by atoms with Crippen LogP contribution in [0.4, 0.5) is 4.39 Å². The van der Waals surface area contributed by atoms with Crippen LogP contribution in [-0.4, -0.2) is 0 Å². The number of rotatable bonds is 3. The second-order valence-corrected chi connectivity index (χ2v) is 5.85. The van der Waals surface area contributed by atoms with E-state index in [9.17, 15) is 4.39 Å². The van der Waals surface area contributed by atoms with E-state index in [0.29, 0.717) is 11.1 Å². The van der Waals surface area contributed by atoms with Crippen molar-refractivity contribution in [3.63, 3.8) is 0 Å². The summed E-state index contributed by atoms with van der Waals surface area (Å²) in [6, 6.07) is 3.80. The van der Waals surface area contributed by atoms with Gasteiger partial charge in [0.15, 0.2) is 0 Å². The van der Waals surface area contributed by atoms with E-state index in [0.717, 1.165) is 17.9 Å². The van der Waals surface area contributed by atoms with Crippen LogP contribution in [0, 0.1) is 25.6 Å². The number of aryl methyl sites for hydroxylation is 2. The van der Waals surface area contributed by atoms with Gasteiger partial charge in [-0.3, -0.25) is 0 Å². The summed E-state index contributed by atoms with van der Waals surface area (Å²) in [5.74, 6) is 0.668. The Morgan fingerprint density at radius 3 is 2.29 bits per heavy atom. The molecule has 2 heteroatoms. The number of hydrogen-bond donors (Lipinski definition) is 0. The minimum absolute atomic E-state index is 0.0381. The van der Waals surface area contributed by atoms with E-state index < -0.39 is 0 Å². The van der Waals surface area contributed by atoms with Crippen molar-refractivity contribution < 1.29 is 4.39 Å². The largest absolute Gasteiger partial charge is 0.206 e. The Morgan fingerprint density at radius 2 is 1.76 bits per heavy atom. The first kappa shape index (κ1) is 12.9. The molecule has 1 fully saturated rings. The first-order chi connectivity index (χ1) is 8.08. The maximum atomic E-state index is 13.5. The van der Waals surface area contributed by atoms with Crippen molar-refractivity contribution in [1.29, 1.82) is 0 Å². The molecule has 1 aliphatic carbocycles. The van der Waals surface area contributed by atoms with E-state index in [1.165, 1.54) is 25.7 Å². The fourth-order valence-electron chi connectivity index (χ4n) is 2.84. The normalized spacial score (nSPS) is 18.6. The van der Waals surface area contributed by atoms with Crippen molar-refractivity contribution in [2.45, 2.75) is 51.3 Å². The molecule has 0 nitrogen and oxygen atoms in total. The van der Waals surface area contributed by atoms with Crippen molar-refractivity contribution in [2.24, 2.45) is 5.92 Å². The summed E-state index contributed by atoms with van der Waals surface area (Å²) in [7, 11) is 0. The van der Waals surface area contributed by atoms with Crippen LogP contribution in [0.2, 0.25) is 0 Å². The molecule has 1 unspecified atom stereocenters. The number of alkyl halides is 1. The van der Waals surface area contributed by atoms with Crippen LogP contribution in [0.15, 0.2) is 12.1 Å². The Bertz CT molecular complexity index is 371. The van der Waals surface area contributed by atoms with Crippen LogP contribution in [0.1, 0.15) is 54.2 Å². The lowest BCUT2D eigenvalue weighted by atomic mass is 9.95. The molecular weight excluding hydrogens is 235 g/mol. The van der Waals surface area contributed by atoms with Gasteiger partial charge in [0.2, 0.25) is 0 Å². The smallest absolute Gasteiger partial charge is 0.129 e. The van der Waals surface area contributed by atoms with Gasteiger partial charge < -0.3 is 0 Å². The Kier molecular flexibility index (Phi) is 4.09. The Labute approximate surface area is 108 Å². The maximum absolute atomic E-state index is 13.5. The molecular formula is C15H20ClF. The summed E-state index contributed by atoms with van der Waals surface area (Å²) >= 11 is 6.46. The molecule has 0 saturated heterocycles. The number of hydrogen-bond acceptors (Lipinski definition) is 0. The lowest BCUT2D eigenvalue weighted by Gasteiger charge is -2.16. The molecule has 94 valence electrons. The second-order valence-electron chi connectivity index (χ2n) is 5.32. The number of benzene rings is 1. The Balaban J connectivity index is 2.10. The summed E-state index contributed by atoms with van der Waals surface area (Å²) in [4.78, 5) is 0. The predicted molar refractivity (Wildman–Crippen MR) is 71.0 cm³/mol. The summed E-state index contributed by atoms with van der Waals surface area (Å²) in [5, 5.41) is 0.0381. The van der Waals surface area contributed by atoms with Crippen molar-refractivity contribution in [3.8, 4) is 0 Å². The molecule has 1 saturated carbocycles. The highest BCUT2D eigenvalue weighted by Gasteiger charge is 2.20. The zero-order valence-corrected chi connectivity index (χ0v) is 11.4. The van der Waals surface area contributed by atoms with Crippen LogP contribution in [0.5, 0.6) is 0 Å². The molecule has 0 radical (unpaired) electrons. The third-order valence-electron chi connectivity index (χ3n) is 3.84. The van der Waals surface area contributed by atoms with E-state index >= 15 is 0 Å². The van der Waals surface area contributed by atoms with Crippen molar-refractivity contribution in [2.75, 3.05) is 0 Å². The molecule has 1 aromatic carbocycles. The molecule has 0 bridgehead atoms. The predicted octanol–water partition coefficient (Wildman–Crippen LogP) is 5.30. The molecule has 2 rings (SSSR count). The van der Waals surface area contributed by atoms with Crippen molar-refractivity contribution in [3.05, 3.63) is 34.6 Å². The fourth-order valence-corrected chi connectivity index (χ4v) is 3.21. The second kappa shape index (κ2) is 5.39. The zero-order chi connectivity index (χ0) is 12.4. The third-order valence-corrected chi connectivity index (χ3v) is 4.27. The van der Waals surface area contributed by atoms with Crippen LogP contribution in [0.25, 0.3) is 0 Å².